The van der Waals surface area contributed by atoms with Crippen molar-refractivity contribution in [3.63, 3.8) is 0 Å². The Morgan fingerprint density at radius 1 is 0.976 bits per heavy atom. The van der Waals surface area contributed by atoms with Gasteiger partial charge in [-0.2, -0.15) is 4.39 Å². The molecule has 10 heteroatoms. The van der Waals surface area contributed by atoms with Gasteiger partial charge in [-0.25, -0.2) is 24.3 Å². The van der Waals surface area contributed by atoms with Crippen LogP contribution in [-0.2, 0) is 16.0 Å². The van der Waals surface area contributed by atoms with Gasteiger partial charge in [0.05, 0.1) is 18.3 Å². The molecule has 0 N–H and O–H groups in total. The minimum absolute atomic E-state index is 0.0713. The molecule has 4 rings (SSSR count). The molecule has 226 valence electrons. The van der Waals surface area contributed by atoms with Gasteiger partial charge in [0.2, 0.25) is 5.82 Å². The Bertz CT molecular complexity index is 1330. The Hall–Kier alpha value is -3.69. The second-order valence-electron chi connectivity index (χ2n) is 11.7. The number of halogens is 2. The highest BCUT2D eigenvalue weighted by molar-refractivity contribution is 5.69. The SMILES string of the molecule is CC1c2cnc(-c3ncccn3)nc2CCN1c1cc(F)c(F)c(OCCCCCCCCCC(=O)OC(C)(C)C)c1. The number of hydrogen-bond donors (Lipinski definition) is 0. The van der Waals surface area contributed by atoms with E-state index in [4.69, 9.17) is 9.47 Å². The van der Waals surface area contributed by atoms with E-state index in [1.807, 2.05) is 32.6 Å². The van der Waals surface area contributed by atoms with Crippen molar-refractivity contribution in [2.45, 2.75) is 97.1 Å². The van der Waals surface area contributed by atoms with Gasteiger partial charge >= 0.3 is 5.97 Å². The lowest BCUT2D eigenvalue weighted by atomic mass is 9.98. The Kier molecular flexibility index (Phi) is 10.8. The zero-order valence-electron chi connectivity index (χ0n) is 25.0. The first-order valence-corrected chi connectivity index (χ1v) is 14.9. The van der Waals surface area contributed by atoms with Crippen LogP contribution in [0.15, 0.2) is 36.8 Å². The van der Waals surface area contributed by atoms with Gasteiger partial charge in [0.25, 0.3) is 0 Å². The predicted molar refractivity (Wildman–Crippen MR) is 157 cm³/mol. The lowest BCUT2D eigenvalue weighted by Crippen LogP contribution is -2.35. The Morgan fingerprint density at radius 3 is 2.38 bits per heavy atom. The summed E-state index contributed by atoms with van der Waals surface area (Å²) < 4.78 is 40.2. The third-order valence-corrected chi connectivity index (χ3v) is 7.19. The highest BCUT2D eigenvalue weighted by Crippen LogP contribution is 2.36. The molecule has 0 saturated carbocycles. The molecule has 0 bridgehead atoms. The maximum atomic E-state index is 14.6. The van der Waals surface area contributed by atoms with Gasteiger partial charge in [0.1, 0.15) is 5.60 Å². The fourth-order valence-corrected chi connectivity index (χ4v) is 5.09. The van der Waals surface area contributed by atoms with Crippen molar-refractivity contribution in [1.82, 2.24) is 19.9 Å². The van der Waals surface area contributed by atoms with Crippen LogP contribution in [0.2, 0.25) is 0 Å². The topological polar surface area (TPSA) is 90.3 Å². The largest absolute Gasteiger partial charge is 0.490 e. The number of carbonyl (C=O) groups excluding carboxylic acids is 1. The first-order chi connectivity index (χ1) is 20.1. The van der Waals surface area contributed by atoms with Gasteiger partial charge in [0, 0.05) is 61.4 Å². The normalized spacial score (nSPS) is 14.9. The van der Waals surface area contributed by atoms with E-state index in [1.165, 1.54) is 6.07 Å². The van der Waals surface area contributed by atoms with Gasteiger partial charge in [-0.1, -0.05) is 32.1 Å². The first-order valence-electron chi connectivity index (χ1n) is 14.9. The van der Waals surface area contributed by atoms with Crippen LogP contribution in [0.1, 0.15) is 96.4 Å². The molecule has 1 aliphatic heterocycles. The molecule has 8 nitrogen and oxygen atoms in total. The van der Waals surface area contributed by atoms with Crippen LogP contribution in [0.25, 0.3) is 11.6 Å². The second-order valence-corrected chi connectivity index (χ2v) is 11.7. The summed E-state index contributed by atoms with van der Waals surface area (Å²) in [7, 11) is 0. The van der Waals surface area contributed by atoms with Crippen LogP contribution in [0, 0.1) is 11.6 Å². The Labute approximate surface area is 246 Å². The van der Waals surface area contributed by atoms with E-state index in [0.717, 1.165) is 56.2 Å². The number of unbranched alkanes of at least 4 members (excludes halogenated alkanes) is 6. The Morgan fingerprint density at radius 2 is 1.67 bits per heavy atom. The highest BCUT2D eigenvalue weighted by atomic mass is 19.2. The van der Waals surface area contributed by atoms with Crippen molar-refractivity contribution < 1.29 is 23.0 Å². The van der Waals surface area contributed by atoms with Crippen molar-refractivity contribution in [2.75, 3.05) is 18.1 Å². The van der Waals surface area contributed by atoms with E-state index < -0.39 is 17.2 Å². The standard InChI is InChI=1S/C32H41F2N5O3/c1-22-24-21-37-31(30-35-15-12-16-36-30)38-26(24)14-17-39(22)23-19-25(33)29(34)27(20-23)41-18-11-9-7-5-6-8-10-13-28(40)42-32(2,3)4/h12,15-16,19-22H,5-11,13-14,17-18H2,1-4H3. The Balaban J connectivity index is 1.23. The summed E-state index contributed by atoms with van der Waals surface area (Å²) in [5, 5.41) is 0. The van der Waals surface area contributed by atoms with Crippen LogP contribution in [0.4, 0.5) is 14.5 Å². The summed E-state index contributed by atoms with van der Waals surface area (Å²) in [6.07, 6.45) is 12.8. The molecule has 1 aromatic carbocycles. The average Bonchev–Trinajstić information content (AvgIpc) is 2.95. The number of fused-ring (bicyclic) bond motifs is 1. The van der Waals surface area contributed by atoms with Crippen molar-refractivity contribution >= 4 is 11.7 Å². The highest BCUT2D eigenvalue weighted by Gasteiger charge is 2.28. The molecular weight excluding hydrogens is 540 g/mol. The van der Waals surface area contributed by atoms with E-state index >= 15 is 0 Å². The van der Waals surface area contributed by atoms with Crippen molar-refractivity contribution in [1.29, 1.82) is 0 Å². The smallest absolute Gasteiger partial charge is 0.306 e. The number of benzene rings is 1. The summed E-state index contributed by atoms with van der Waals surface area (Å²) in [6, 6.07) is 4.40. The molecule has 0 aliphatic carbocycles. The van der Waals surface area contributed by atoms with Gasteiger partial charge in [-0.3, -0.25) is 4.79 Å². The minimum atomic E-state index is -0.968. The lowest BCUT2D eigenvalue weighted by Gasteiger charge is -2.36. The molecule has 1 atom stereocenters. The van der Waals surface area contributed by atoms with Crippen LogP contribution >= 0.6 is 0 Å². The quantitative estimate of drug-likeness (QED) is 0.155. The van der Waals surface area contributed by atoms with Gasteiger partial charge in [-0.15, -0.1) is 0 Å². The number of esters is 1. The van der Waals surface area contributed by atoms with E-state index in [9.17, 15) is 13.6 Å². The third-order valence-electron chi connectivity index (χ3n) is 7.19. The summed E-state index contributed by atoms with van der Waals surface area (Å²) >= 11 is 0. The average molecular weight is 582 g/mol. The van der Waals surface area contributed by atoms with Gasteiger partial charge < -0.3 is 14.4 Å². The molecule has 0 radical (unpaired) electrons. The minimum Gasteiger partial charge on any atom is -0.490 e. The van der Waals surface area contributed by atoms with E-state index in [0.29, 0.717) is 43.3 Å². The summed E-state index contributed by atoms with van der Waals surface area (Å²) in [5.41, 5.74) is 1.95. The molecule has 1 unspecified atom stereocenters. The number of hydrogen-bond acceptors (Lipinski definition) is 8. The molecule has 1 aliphatic rings. The molecule has 0 spiro atoms. The molecular formula is C32H41F2N5O3. The van der Waals surface area contributed by atoms with Gasteiger partial charge in [-0.05, 0) is 46.6 Å². The fraction of sp³-hybridized carbons (Fsp3) is 0.531. The van der Waals surface area contributed by atoms with Crippen LogP contribution in [-0.4, -0.2) is 44.7 Å². The number of carbonyl (C=O) groups is 1. The lowest BCUT2D eigenvalue weighted by molar-refractivity contribution is -0.154. The van der Waals surface area contributed by atoms with E-state index in [2.05, 4.69) is 19.9 Å². The molecule has 0 saturated heterocycles. The summed E-state index contributed by atoms with van der Waals surface area (Å²) in [4.78, 5) is 31.4. The van der Waals surface area contributed by atoms with E-state index in [-0.39, 0.29) is 17.8 Å². The monoisotopic (exact) mass is 581 g/mol. The van der Waals surface area contributed by atoms with Crippen LogP contribution in [0.3, 0.4) is 0 Å². The molecule has 2 aromatic heterocycles. The molecule has 42 heavy (non-hydrogen) atoms. The van der Waals surface area contributed by atoms with Gasteiger partial charge in [0.15, 0.2) is 23.2 Å². The molecule has 3 aromatic rings. The molecule has 3 heterocycles. The maximum absolute atomic E-state index is 14.6. The summed E-state index contributed by atoms with van der Waals surface area (Å²) in [5.74, 6) is -1.18. The molecule has 0 fully saturated rings. The fourth-order valence-electron chi connectivity index (χ4n) is 5.09. The number of rotatable bonds is 13. The second kappa shape index (κ2) is 14.5. The zero-order valence-corrected chi connectivity index (χ0v) is 25.0. The number of nitrogens with zero attached hydrogens (tertiary/aromatic N) is 5. The number of anilines is 1. The van der Waals surface area contributed by atoms with Crippen molar-refractivity contribution in [3.05, 3.63) is 59.7 Å². The molecule has 0 amide bonds. The first kappa shape index (κ1) is 31.3. The van der Waals surface area contributed by atoms with Crippen LogP contribution in [0.5, 0.6) is 5.75 Å². The van der Waals surface area contributed by atoms with Crippen molar-refractivity contribution in [3.8, 4) is 17.4 Å². The van der Waals surface area contributed by atoms with Crippen LogP contribution < -0.4 is 9.64 Å². The zero-order chi connectivity index (χ0) is 30.1. The predicted octanol–water partition coefficient (Wildman–Crippen LogP) is 7.18. The maximum Gasteiger partial charge on any atom is 0.306 e. The third kappa shape index (κ3) is 8.66. The van der Waals surface area contributed by atoms with Crippen molar-refractivity contribution in [2.24, 2.45) is 0 Å². The number of ether oxygens (including phenoxy) is 2. The number of aromatic nitrogens is 4. The summed E-state index contributed by atoms with van der Waals surface area (Å²) in [6.45, 7) is 8.52. The van der Waals surface area contributed by atoms with E-state index in [1.54, 1.807) is 30.7 Å².